The highest BCUT2D eigenvalue weighted by atomic mass is 32.2. The first kappa shape index (κ1) is 17.5. The van der Waals surface area contributed by atoms with E-state index in [0.717, 1.165) is 12.3 Å². The fourth-order valence-corrected chi connectivity index (χ4v) is 2.69. The number of hydrogen-bond acceptors (Lipinski definition) is 7. The smallest absolute Gasteiger partial charge is 0.293 e. The Balaban J connectivity index is 2.48. The second kappa shape index (κ2) is 6.75. The van der Waals surface area contributed by atoms with E-state index in [4.69, 9.17) is 9.47 Å². The van der Waals surface area contributed by atoms with Crippen molar-refractivity contribution in [2.75, 3.05) is 25.8 Å². The number of hydrogen-bond donors (Lipinski definition) is 1. The summed E-state index contributed by atoms with van der Waals surface area (Å²) in [6.07, 6.45) is 0.992. The zero-order chi connectivity index (χ0) is 17.9. The van der Waals surface area contributed by atoms with Gasteiger partial charge >= 0.3 is 0 Å². The van der Waals surface area contributed by atoms with E-state index in [2.05, 4.69) is 5.32 Å². The number of nitrogens with one attached hydrogen (secondary N) is 1. The summed E-state index contributed by atoms with van der Waals surface area (Å²) in [4.78, 5) is 10.5. The summed E-state index contributed by atoms with van der Waals surface area (Å²) in [6, 6.07) is 8.61. The Hall–Kier alpha value is -2.81. The van der Waals surface area contributed by atoms with E-state index in [1.165, 1.54) is 26.4 Å². The molecule has 0 fully saturated rings. The Morgan fingerprint density at radius 3 is 2.25 bits per heavy atom. The summed E-state index contributed by atoms with van der Waals surface area (Å²) in [6.45, 7) is 0. The van der Waals surface area contributed by atoms with Crippen LogP contribution in [0.15, 0.2) is 41.3 Å². The molecule has 0 spiro atoms. The van der Waals surface area contributed by atoms with Crippen molar-refractivity contribution in [2.45, 2.75) is 4.90 Å². The number of nitro benzene ring substituents is 1. The zero-order valence-electron chi connectivity index (χ0n) is 13.3. The molecule has 0 aliphatic rings. The molecule has 0 aliphatic carbocycles. The van der Waals surface area contributed by atoms with E-state index < -0.39 is 14.8 Å². The van der Waals surface area contributed by atoms with Crippen molar-refractivity contribution < 1.29 is 22.8 Å². The monoisotopic (exact) mass is 352 g/mol. The van der Waals surface area contributed by atoms with E-state index in [1.807, 2.05) is 0 Å². The highest BCUT2D eigenvalue weighted by molar-refractivity contribution is 7.90. The minimum Gasteiger partial charge on any atom is -0.497 e. The van der Waals surface area contributed by atoms with Crippen molar-refractivity contribution in [3.05, 3.63) is 46.5 Å². The van der Waals surface area contributed by atoms with Crippen LogP contribution in [0.2, 0.25) is 0 Å². The van der Waals surface area contributed by atoms with Crippen molar-refractivity contribution in [1.82, 2.24) is 0 Å². The molecular formula is C15H16N2O6S. The van der Waals surface area contributed by atoms with Crippen LogP contribution in [0, 0.1) is 10.1 Å². The van der Waals surface area contributed by atoms with Gasteiger partial charge in [0.2, 0.25) is 0 Å². The topological polar surface area (TPSA) is 108 Å². The summed E-state index contributed by atoms with van der Waals surface area (Å²) in [7, 11) is -0.574. The third kappa shape index (κ3) is 3.74. The molecule has 0 saturated heterocycles. The molecule has 0 saturated carbocycles. The van der Waals surface area contributed by atoms with Crippen molar-refractivity contribution in [1.29, 1.82) is 0 Å². The standard InChI is InChI=1S/C15H16N2O6S/c1-22-10-4-6-13(15(8-10)23-2)16-12-7-5-11(24(3,20)21)9-14(12)17(18)19/h4-9,16H,1-3H3. The Morgan fingerprint density at radius 2 is 1.71 bits per heavy atom. The van der Waals surface area contributed by atoms with Crippen LogP contribution >= 0.6 is 0 Å². The fourth-order valence-electron chi connectivity index (χ4n) is 2.05. The molecule has 0 amide bonds. The van der Waals surface area contributed by atoms with Gasteiger partial charge in [-0.3, -0.25) is 10.1 Å². The molecule has 0 unspecified atom stereocenters. The molecule has 2 rings (SSSR count). The van der Waals surface area contributed by atoms with E-state index in [0.29, 0.717) is 17.2 Å². The molecule has 2 aromatic carbocycles. The summed E-state index contributed by atoms with van der Waals surface area (Å²) in [5, 5.41) is 14.2. The molecule has 128 valence electrons. The lowest BCUT2D eigenvalue weighted by Gasteiger charge is -2.13. The van der Waals surface area contributed by atoms with Crippen LogP contribution in [0.4, 0.5) is 17.1 Å². The molecule has 0 atom stereocenters. The summed E-state index contributed by atoms with van der Waals surface area (Å²) >= 11 is 0. The predicted octanol–water partition coefficient (Wildman–Crippen LogP) is 2.76. The lowest BCUT2D eigenvalue weighted by molar-refractivity contribution is -0.384. The number of sulfone groups is 1. The van der Waals surface area contributed by atoms with Gasteiger partial charge < -0.3 is 14.8 Å². The number of ether oxygens (including phenoxy) is 2. The Kier molecular flexibility index (Phi) is 4.93. The summed E-state index contributed by atoms with van der Waals surface area (Å²) < 4.78 is 33.5. The molecule has 24 heavy (non-hydrogen) atoms. The van der Waals surface area contributed by atoms with E-state index >= 15 is 0 Å². The van der Waals surface area contributed by atoms with Gasteiger partial charge in [-0.25, -0.2) is 8.42 Å². The van der Waals surface area contributed by atoms with Crippen molar-refractivity contribution in [2.24, 2.45) is 0 Å². The normalized spacial score (nSPS) is 11.0. The number of benzene rings is 2. The fraction of sp³-hybridized carbons (Fsp3) is 0.200. The average molecular weight is 352 g/mol. The van der Waals surface area contributed by atoms with Crippen LogP contribution < -0.4 is 14.8 Å². The zero-order valence-corrected chi connectivity index (χ0v) is 14.1. The van der Waals surface area contributed by atoms with Crippen LogP contribution in [0.25, 0.3) is 0 Å². The van der Waals surface area contributed by atoms with Gasteiger partial charge in [-0.2, -0.15) is 0 Å². The first-order chi connectivity index (χ1) is 11.3. The lowest BCUT2D eigenvalue weighted by atomic mass is 10.2. The number of nitro groups is 1. The summed E-state index contributed by atoms with van der Waals surface area (Å²) in [5.74, 6) is 0.996. The first-order valence-corrected chi connectivity index (χ1v) is 8.63. The van der Waals surface area contributed by atoms with Gasteiger partial charge in [-0.05, 0) is 24.3 Å². The third-order valence-corrected chi connectivity index (χ3v) is 4.38. The molecule has 0 heterocycles. The quantitative estimate of drug-likeness (QED) is 0.629. The molecule has 0 radical (unpaired) electrons. The van der Waals surface area contributed by atoms with Crippen molar-refractivity contribution in [3.63, 3.8) is 0 Å². The highest BCUT2D eigenvalue weighted by Crippen LogP contribution is 2.35. The van der Waals surface area contributed by atoms with Crippen LogP contribution in [0.3, 0.4) is 0 Å². The van der Waals surface area contributed by atoms with Gasteiger partial charge in [-0.15, -0.1) is 0 Å². The second-order valence-corrected chi connectivity index (χ2v) is 6.92. The van der Waals surface area contributed by atoms with Gasteiger partial charge in [0.15, 0.2) is 9.84 Å². The Bertz CT molecular complexity index is 880. The molecular weight excluding hydrogens is 336 g/mol. The maximum absolute atomic E-state index is 11.6. The number of anilines is 2. The van der Waals surface area contributed by atoms with Gasteiger partial charge in [0.05, 0.1) is 29.7 Å². The molecule has 0 aliphatic heterocycles. The molecule has 1 N–H and O–H groups in total. The van der Waals surface area contributed by atoms with E-state index in [-0.39, 0.29) is 16.3 Å². The largest absolute Gasteiger partial charge is 0.497 e. The van der Waals surface area contributed by atoms with Crippen LogP contribution in [-0.2, 0) is 9.84 Å². The molecule has 0 aromatic heterocycles. The highest BCUT2D eigenvalue weighted by Gasteiger charge is 2.19. The van der Waals surface area contributed by atoms with Crippen LogP contribution in [0.1, 0.15) is 0 Å². The average Bonchev–Trinajstić information content (AvgIpc) is 2.54. The van der Waals surface area contributed by atoms with Crippen LogP contribution in [0.5, 0.6) is 11.5 Å². The maximum Gasteiger partial charge on any atom is 0.293 e. The minimum atomic E-state index is -3.54. The summed E-state index contributed by atoms with van der Waals surface area (Å²) in [5.41, 5.74) is 0.278. The lowest BCUT2D eigenvalue weighted by Crippen LogP contribution is -2.02. The molecule has 9 heteroatoms. The number of methoxy groups -OCH3 is 2. The van der Waals surface area contributed by atoms with Gasteiger partial charge in [0, 0.05) is 18.4 Å². The van der Waals surface area contributed by atoms with Gasteiger partial charge in [-0.1, -0.05) is 0 Å². The maximum atomic E-state index is 11.6. The second-order valence-electron chi connectivity index (χ2n) is 4.90. The molecule has 8 nitrogen and oxygen atoms in total. The Morgan fingerprint density at radius 1 is 1.04 bits per heavy atom. The predicted molar refractivity (Wildman–Crippen MR) is 89.0 cm³/mol. The van der Waals surface area contributed by atoms with Crippen molar-refractivity contribution >= 4 is 26.9 Å². The van der Waals surface area contributed by atoms with E-state index in [9.17, 15) is 18.5 Å². The Labute approximate surface area is 139 Å². The van der Waals surface area contributed by atoms with Gasteiger partial charge in [0.25, 0.3) is 5.69 Å². The third-order valence-electron chi connectivity index (χ3n) is 3.27. The molecule has 0 bridgehead atoms. The van der Waals surface area contributed by atoms with Crippen LogP contribution in [-0.4, -0.2) is 33.8 Å². The van der Waals surface area contributed by atoms with Crippen molar-refractivity contribution in [3.8, 4) is 11.5 Å². The first-order valence-electron chi connectivity index (χ1n) is 6.74. The van der Waals surface area contributed by atoms with Gasteiger partial charge in [0.1, 0.15) is 17.2 Å². The number of rotatable bonds is 6. The number of nitrogens with zero attached hydrogens (tertiary/aromatic N) is 1. The minimum absolute atomic E-state index is 0.124. The SMILES string of the molecule is COc1ccc(Nc2ccc(S(C)(=O)=O)cc2[N+](=O)[O-])c(OC)c1. The molecule has 2 aromatic rings. The van der Waals surface area contributed by atoms with E-state index in [1.54, 1.807) is 18.2 Å².